The molecular formula is C8H18ClNO. The van der Waals surface area contributed by atoms with E-state index in [-0.39, 0.29) is 12.4 Å². The molecule has 1 saturated heterocycles. The van der Waals surface area contributed by atoms with Gasteiger partial charge in [-0.25, -0.2) is 0 Å². The van der Waals surface area contributed by atoms with E-state index in [1.54, 1.807) is 0 Å². The molecule has 1 aliphatic rings. The zero-order chi connectivity index (χ0) is 7.23. The van der Waals surface area contributed by atoms with Gasteiger partial charge in [-0.2, -0.15) is 0 Å². The first-order chi connectivity index (χ1) is 4.93. The molecule has 1 fully saturated rings. The summed E-state index contributed by atoms with van der Waals surface area (Å²) in [6, 6.07) is 0. The molecule has 1 aliphatic heterocycles. The van der Waals surface area contributed by atoms with Crippen molar-refractivity contribution in [3.8, 4) is 0 Å². The van der Waals surface area contributed by atoms with Gasteiger partial charge in [-0.1, -0.05) is 6.92 Å². The van der Waals surface area contributed by atoms with Gasteiger partial charge >= 0.3 is 0 Å². The summed E-state index contributed by atoms with van der Waals surface area (Å²) in [7, 11) is 0. The first kappa shape index (κ1) is 11.2. The van der Waals surface area contributed by atoms with E-state index in [9.17, 15) is 0 Å². The Hall–Kier alpha value is 0.210. The Morgan fingerprint density at radius 2 is 2.27 bits per heavy atom. The fourth-order valence-electron chi connectivity index (χ4n) is 1.27. The van der Waals surface area contributed by atoms with Crippen LogP contribution in [0, 0.1) is 0 Å². The Morgan fingerprint density at radius 1 is 1.45 bits per heavy atom. The van der Waals surface area contributed by atoms with Gasteiger partial charge in [-0.15, -0.1) is 12.4 Å². The van der Waals surface area contributed by atoms with Gasteiger partial charge < -0.3 is 10.1 Å². The minimum Gasteiger partial charge on any atom is -0.377 e. The Morgan fingerprint density at radius 3 is 2.82 bits per heavy atom. The fourth-order valence-corrected chi connectivity index (χ4v) is 1.27. The highest BCUT2D eigenvalue weighted by atomic mass is 35.5. The summed E-state index contributed by atoms with van der Waals surface area (Å²) in [5.41, 5.74) is 0. The van der Waals surface area contributed by atoms with Crippen LogP contribution in [0.5, 0.6) is 0 Å². The maximum atomic E-state index is 5.52. The van der Waals surface area contributed by atoms with Crippen LogP contribution in [-0.4, -0.2) is 25.8 Å². The summed E-state index contributed by atoms with van der Waals surface area (Å²) < 4.78 is 5.52. The molecule has 11 heavy (non-hydrogen) atoms. The molecule has 0 aromatic heterocycles. The average Bonchev–Trinajstić information content (AvgIpc) is 2.03. The third-order valence-electron chi connectivity index (χ3n) is 1.90. The lowest BCUT2D eigenvalue weighted by molar-refractivity contribution is 0.0173. The van der Waals surface area contributed by atoms with Gasteiger partial charge in [0.1, 0.15) is 0 Å². The molecule has 1 heterocycles. The lowest BCUT2D eigenvalue weighted by atomic mass is 10.1. The average molecular weight is 180 g/mol. The van der Waals surface area contributed by atoms with Crippen molar-refractivity contribution in [1.82, 2.24) is 5.32 Å². The van der Waals surface area contributed by atoms with E-state index in [0.717, 1.165) is 19.7 Å². The van der Waals surface area contributed by atoms with Crippen LogP contribution in [0.15, 0.2) is 0 Å². The molecule has 1 rings (SSSR count). The lowest BCUT2D eigenvalue weighted by Gasteiger charge is -2.22. The van der Waals surface area contributed by atoms with Crippen molar-refractivity contribution in [3.63, 3.8) is 0 Å². The van der Waals surface area contributed by atoms with Crippen LogP contribution in [0.25, 0.3) is 0 Å². The molecule has 0 amide bonds. The lowest BCUT2D eigenvalue weighted by Crippen LogP contribution is -2.31. The summed E-state index contributed by atoms with van der Waals surface area (Å²) in [6.45, 7) is 5.19. The maximum absolute atomic E-state index is 5.52. The Labute approximate surface area is 75.1 Å². The normalized spacial score (nSPS) is 24.3. The predicted octanol–water partition coefficient (Wildman–Crippen LogP) is 1.59. The van der Waals surface area contributed by atoms with Crippen LogP contribution in [0.4, 0.5) is 0 Å². The van der Waals surface area contributed by atoms with Crippen molar-refractivity contribution >= 4 is 12.4 Å². The van der Waals surface area contributed by atoms with Gasteiger partial charge in [0.2, 0.25) is 0 Å². The van der Waals surface area contributed by atoms with E-state index < -0.39 is 0 Å². The molecule has 0 aliphatic carbocycles. The summed E-state index contributed by atoms with van der Waals surface area (Å²) in [5, 5.41) is 3.29. The fraction of sp³-hybridized carbons (Fsp3) is 1.00. The Balaban J connectivity index is 0.000001000. The molecular weight excluding hydrogens is 162 g/mol. The van der Waals surface area contributed by atoms with E-state index in [4.69, 9.17) is 4.74 Å². The molecule has 0 radical (unpaired) electrons. The highest BCUT2D eigenvalue weighted by Crippen LogP contribution is 2.11. The van der Waals surface area contributed by atoms with Crippen LogP contribution in [-0.2, 0) is 4.74 Å². The monoisotopic (exact) mass is 179 g/mol. The smallest absolute Gasteiger partial charge is 0.0699 e. The highest BCUT2D eigenvalue weighted by Gasteiger charge is 2.11. The number of ether oxygens (including phenoxy) is 1. The van der Waals surface area contributed by atoms with E-state index in [2.05, 4.69) is 12.2 Å². The minimum absolute atomic E-state index is 0. The van der Waals surface area contributed by atoms with Gasteiger partial charge in [-0.05, 0) is 25.8 Å². The topological polar surface area (TPSA) is 21.3 Å². The van der Waals surface area contributed by atoms with Gasteiger partial charge in [0.25, 0.3) is 0 Å². The molecule has 68 valence electrons. The summed E-state index contributed by atoms with van der Waals surface area (Å²) in [5.74, 6) is 0. The zero-order valence-corrected chi connectivity index (χ0v) is 7.95. The Kier molecular flexibility index (Phi) is 7.02. The van der Waals surface area contributed by atoms with Crippen molar-refractivity contribution in [2.24, 2.45) is 0 Å². The van der Waals surface area contributed by atoms with Gasteiger partial charge in [-0.3, -0.25) is 0 Å². The molecule has 2 nitrogen and oxygen atoms in total. The standard InChI is InChI=1S/C8H17NO.ClH/c1-2-9-7-8-5-3-4-6-10-8;/h8-9H,2-7H2,1H3;1H/t8-;/m1./s1. The number of hydrogen-bond acceptors (Lipinski definition) is 2. The predicted molar refractivity (Wildman–Crippen MR) is 49.4 cm³/mol. The molecule has 0 aromatic rings. The van der Waals surface area contributed by atoms with Crippen molar-refractivity contribution in [2.45, 2.75) is 32.3 Å². The second-order valence-corrected chi connectivity index (χ2v) is 2.80. The molecule has 0 unspecified atom stereocenters. The minimum atomic E-state index is 0. The van der Waals surface area contributed by atoms with Gasteiger partial charge in [0, 0.05) is 13.2 Å². The highest BCUT2D eigenvalue weighted by molar-refractivity contribution is 5.85. The van der Waals surface area contributed by atoms with E-state index in [1.165, 1.54) is 19.3 Å². The largest absolute Gasteiger partial charge is 0.377 e. The molecule has 0 spiro atoms. The quantitative estimate of drug-likeness (QED) is 0.711. The summed E-state index contributed by atoms with van der Waals surface area (Å²) in [4.78, 5) is 0. The Bertz CT molecular complexity index is 84.2. The molecule has 0 saturated carbocycles. The molecule has 1 N–H and O–H groups in total. The number of hydrogen-bond donors (Lipinski definition) is 1. The number of nitrogens with one attached hydrogen (secondary N) is 1. The summed E-state index contributed by atoms with van der Waals surface area (Å²) in [6.07, 6.45) is 4.33. The van der Waals surface area contributed by atoms with Crippen molar-refractivity contribution in [2.75, 3.05) is 19.7 Å². The number of likely N-dealkylation sites (N-methyl/N-ethyl adjacent to an activating group) is 1. The van der Waals surface area contributed by atoms with Crippen LogP contribution >= 0.6 is 12.4 Å². The molecule has 1 atom stereocenters. The molecule has 0 aromatic carbocycles. The van der Waals surface area contributed by atoms with Crippen molar-refractivity contribution in [1.29, 1.82) is 0 Å². The van der Waals surface area contributed by atoms with Crippen molar-refractivity contribution < 1.29 is 4.74 Å². The second-order valence-electron chi connectivity index (χ2n) is 2.80. The SMILES string of the molecule is CCNC[C@H]1CCCCO1.Cl. The van der Waals surface area contributed by atoms with Gasteiger partial charge in [0.15, 0.2) is 0 Å². The van der Waals surface area contributed by atoms with Crippen LogP contribution < -0.4 is 5.32 Å². The zero-order valence-electron chi connectivity index (χ0n) is 7.14. The van der Waals surface area contributed by atoms with E-state index in [0.29, 0.717) is 6.10 Å². The number of halogens is 1. The van der Waals surface area contributed by atoms with E-state index in [1.807, 2.05) is 0 Å². The van der Waals surface area contributed by atoms with Gasteiger partial charge in [0.05, 0.1) is 6.10 Å². The third-order valence-corrected chi connectivity index (χ3v) is 1.90. The van der Waals surface area contributed by atoms with Crippen LogP contribution in [0.1, 0.15) is 26.2 Å². The second kappa shape index (κ2) is 6.89. The third kappa shape index (κ3) is 4.62. The van der Waals surface area contributed by atoms with Crippen LogP contribution in [0.3, 0.4) is 0 Å². The first-order valence-corrected chi connectivity index (χ1v) is 4.26. The van der Waals surface area contributed by atoms with Crippen molar-refractivity contribution in [3.05, 3.63) is 0 Å². The van der Waals surface area contributed by atoms with Crippen LogP contribution in [0.2, 0.25) is 0 Å². The van der Waals surface area contributed by atoms with E-state index >= 15 is 0 Å². The number of rotatable bonds is 3. The first-order valence-electron chi connectivity index (χ1n) is 4.26. The summed E-state index contributed by atoms with van der Waals surface area (Å²) >= 11 is 0. The maximum Gasteiger partial charge on any atom is 0.0699 e. The molecule has 0 bridgehead atoms. The molecule has 3 heteroatoms.